The monoisotopic (exact) mass is 220 g/mol. The molecule has 2 rings (SSSR count). The topological polar surface area (TPSA) is 69.9 Å². The van der Waals surface area contributed by atoms with Gasteiger partial charge < -0.3 is 14.8 Å². The van der Waals surface area contributed by atoms with Crippen molar-refractivity contribution in [3.63, 3.8) is 0 Å². The maximum absolute atomic E-state index is 5.54. The van der Waals surface area contributed by atoms with Crippen LogP contribution < -0.4 is 5.73 Å². The highest BCUT2D eigenvalue weighted by Gasteiger charge is 2.05. The van der Waals surface area contributed by atoms with Crippen LogP contribution in [0.25, 0.3) is 0 Å². The molecule has 2 N–H and O–H groups in total. The predicted molar refractivity (Wildman–Crippen MR) is 59.7 cm³/mol. The fourth-order valence-electron chi connectivity index (χ4n) is 1.54. The van der Waals surface area contributed by atoms with E-state index >= 15 is 0 Å². The fraction of sp³-hybridized carbons (Fsp3) is 0.455. The lowest BCUT2D eigenvalue weighted by Crippen LogP contribution is -1.99. The second kappa shape index (κ2) is 4.94. The molecule has 5 heteroatoms. The zero-order chi connectivity index (χ0) is 11.4. The highest BCUT2D eigenvalue weighted by atomic mass is 16.5. The molecule has 5 nitrogen and oxygen atoms in total. The zero-order valence-electron chi connectivity index (χ0n) is 9.39. The summed E-state index contributed by atoms with van der Waals surface area (Å²) in [4.78, 5) is 4.30. The number of hydrogen-bond acceptors (Lipinski definition) is 4. The molecule has 0 aliphatic rings. The Morgan fingerprint density at radius 1 is 1.50 bits per heavy atom. The molecule has 2 heterocycles. The smallest absolute Gasteiger partial charge is 0.226 e. The summed E-state index contributed by atoms with van der Waals surface area (Å²) in [6.07, 6.45) is 5.82. The van der Waals surface area contributed by atoms with Gasteiger partial charge in [0.05, 0.1) is 6.54 Å². The summed E-state index contributed by atoms with van der Waals surface area (Å²) in [5.41, 5.74) is 6.65. The maximum Gasteiger partial charge on any atom is 0.226 e. The first-order chi connectivity index (χ1) is 7.81. The molecule has 0 spiro atoms. The Kier molecular flexibility index (Phi) is 3.36. The van der Waals surface area contributed by atoms with Gasteiger partial charge in [0.2, 0.25) is 5.89 Å². The fourth-order valence-corrected chi connectivity index (χ4v) is 1.54. The molecule has 0 saturated heterocycles. The van der Waals surface area contributed by atoms with E-state index in [4.69, 9.17) is 10.3 Å². The normalized spacial score (nSPS) is 10.9. The number of hydrogen-bond donors (Lipinski definition) is 1. The lowest BCUT2D eigenvalue weighted by Gasteiger charge is -1.95. The quantitative estimate of drug-likeness (QED) is 0.825. The Morgan fingerprint density at radius 3 is 3.06 bits per heavy atom. The van der Waals surface area contributed by atoms with Crippen molar-refractivity contribution >= 4 is 0 Å². The number of nitrogens with zero attached hydrogens (tertiary/aromatic N) is 3. The summed E-state index contributed by atoms with van der Waals surface area (Å²) >= 11 is 0. The van der Waals surface area contributed by atoms with E-state index in [9.17, 15) is 0 Å². The van der Waals surface area contributed by atoms with Crippen molar-refractivity contribution < 1.29 is 4.52 Å². The van der Waals surface area contributed by atoms with Crippen molar-refractivity contribution in [1.29, 1.82) is 0 Å². The number of aromatic nitrogens is 3. The summed E-state index contributed by atoms with van der Waals surface area (Å²) in [5, 5.41) is 3.93. The van der Waals surface area contributed by atoms with Gasteiger partial charge >= 0.3 is 0 Å². The second-order valence-electron chi connectivity index (χ2n) is 3.75. The van der Waals surface area contributed by atoms with Crippen molar-refractivity contribution in [3.8, 4) is 0 Å². The Balaban J connectivity index is 2.02. The van der Waals surface area contributed by atoms with Gasteiger partial charge in [-0.15, -0.1) is 0 Å². The van der Waals surface area contributed by atoms with Crippen LogP contribution in [0.5, 0.6) is 0 Å². The Bertz CT molecular complexity index is 446. The van der Waals surface area contributed by atoms with Gasteiger partial charge in [0, 0.05) is 25.4 Å². The standard InChI is InChI=1S/C11H16N4O/c1-2-3-11-13-10(14-16-11)8-15-5-4-9(6-12)7-15/h4-5,7H,2-3,6,8,12H2,1H3. The lowest BCUT2D eigenvalue weighted by molar-refractivity contribution is 0.371. The molecule has 0 fully saturated rings. The van der Waals surface area contributed by atoms with E-state index in [-0.39, 0.29) is 0 Å². The van der Waals surface area contributed by atoms with E-state index in [1.165, 1.54) is 0 Å². The maximum atomic E-state index is 5.54. The minimum absolute atomic E-state index is 0.556. The molecule has 0 amide bonds. The van der Waals surface area contributed by atoms with Gasteiger partial charge in [-0.25, -0.2) is 0 Å². The Morgan fingerprint density at radius 2 is 2.38 bits per heavy atom. The molecule has 0 unspecified atom stereocenters. The molecule has 2 aromatic rings. The minimum Gasteiger partial charge on any atom is -0.346 e. The Hall–Kier alpha value is -1.62. The summed E-state index contributed by atoms with van der Waals surface area (Å²) in [5.74, 6) is 1.42. The Labute approximate surface area is 94.3 Å². The molecule has 86 valence electrons. The molecule has 0 radical (unpaired) electrons. The molecule has 0 atom stereocenters. The van der Waals surface area contributed by atoms with E-state index in [2.05, 4.69) is 17.1 Å². The molecule has 0 aliphatic carbocycles. The van der Waals surface area contributed by atoms with Crippen LogP contribution in [-0.4, -0.2) is 14.7 Å². The second-order valence-corrected chi connectivity index (χ2v) is 3.75. The minimum atomic E-state index is 0.556. The van der Waals surface area contributed by atoms with Crippen LogP contribution in [0.4, 0.5) is 0 Å². The van der Waals surface area contributed by atoms with Crippen LogP contribution in [0, 0.1) is 0 Å². The van der Waals surface area contributed by atoms with Crippen LogP contribution >= 0.6 is 0 Å². The van der Waals surface area contributed by atoms with E-state index in [0.29, 0.717) is 24.8 Å². The lowest BCUT2D eigenvalue weighted by atomic mass is 10.3. The van der Waals surface area contributed by atoms with E-state index in [1.54, 1.807) is 0 Å². The third kappa shape index (κ3) is 2.49. The third-order valence-electron chi connectivity index (χ3n) is 2.35. The van der Waals surface area contributed by atoms with Crippen molar-refractivity contribution in [2.24, 2.45) is 5.73 Å². The van der Waals surface area contributed by atoms with Crippen LogP contribution in [-0.2, 0) is 19.5 Å². The average molecular weight is 220 g/mol. The van der Waals surface area contributed by atoms with Crippen molar-refractivity contribution in [3.05, 3.63) is 35.7 Å². The summed E-state index contributed by atoms with van der Waals surface area (Å²) < 4.78 is 7.11. The third-order valence-corrected chi connectivity index (χ3v) is 2.35. The van der Waals surface area contributed by atoms with Gasteiger partial charge in [-0.3, -0.25) is 0 Å². The molecule has 0 bridgehead atoms. The number of aryl methyl sites for hydroxylation is 1. The highest BCUT2D eigenvalue weighted by Crippen LogP contribution is 2.05. The first-order valence-corrected chi connectivity index (χ1v) is 5.48. The highest BCUT2D eigenvalue weighted by molar-refractivity contribution is 5.10. The molecule has 16 heavy (non-hydrogen) atoms. The van der Waals surface area contributed by atoms with Gasteiger partial charge in [-0.05, 0) is 18.1 Å². The summed E-state index contributed by atoms with van der Waals surface area (Å²) in [7, 11) is 0. The van der Waals surface area contributed by atoms with E-state index in [0.717, 1.165) is 18.4 Å². The van der Waals surface area contributed by atoms with Gasteiger partial charge in [0.15, 0.2) is 5.82 Å². The zero-order valence-corrected chi connectivity index (χ0v) is 9.39. The molecule has 0 aromatic carbocycles. The molecular weight excluding hydrogens is 204 g/mol. The molecule has 0 saturated carbocycles. The molecule has 2 aromatic heterocycles. The van der Waals surface area contributed by atoms with E-state index in [1.807, 2.05) is 23.0 Å². The van der Waals surface area contributed by atoms with Crippen LogP contribution in [0.1, 0.15) is 30.6 Å². The molecular formula is C11H16N4O. The van der Waals surface area contributed by atoms with Gasteiger partial charge in [0.1, 0.15) is 0 Å². The first-order valence-electron chi connectivity index (χ1n) is 5.48. The summed E-state index contributed by atoms with van der Waals surface area (Å²) in [6, 6.07) is 1.99. The van der Waals surface area contributed by atoms with Crippen molar-refractivity contribution in [1.82, 2.24) is 14.7 Å². The van der Waals surface area contributed by atoms with E-state index < -0.39 is 0 Å². The number of nitrogens with two attached hydrogens (primary N) is 1. The predicted octanol–water partition coefficient (Wildman–Crippen LogP) is 1.33. The number of rotatable bonds is 5. The van der Waals surface area contributed by atoms with Gasteiger partial charge in [0.25, 0.3) is 0 Å². The van der Waals surface area contributed by atoms with Crippen molar-refractivity contribution in [2.75, 3.05) is 0 Å². The van der Waals surface area contributed by atoms with Crippen molar-refractivity contribution in [2.45, 2.75) is 32.9 Å². The summed E-state index contributed by atoms with van der Waals surface area (Å²) in [6.45, 7) is 3.27. The first kappa shape index (κ1) is 10.9. The largest absolute Gasteiger partial charge is 0.346 e. The molecule has 0 aliphatic heterocycles. The van der Waals surface area contributed by atoms with Crippen LogP contribution in [0.3, 0.4) is 0 Å². The van der Waals surface area contributed by atoms with Gasteiger partial charge in [-0.2, -0.15) is 4.98 Å². The van der Waals surface area contributed by atoms with Crippen LogP contribution in [0.15, 0.2) is 23.0 Å². The average Bonchev–Trinajstić information content (AvgIpc) is 2.89. The van der Waals surface area contributed by atoms with Crippen LogP contribution in [0.2, 0.25) is 0 Å². The SMILES string of the molecule is CCCc1nc(Cn2ccc(CN)c2)no1. The van der Waals surface area contributed by atoms with Gasteiger partial charge in [-0.1, -0.05) is 12.1 Å².